The third-order valence-corrected chi connectivity index (χ3v) is 8.33. The van der Waals surface area contributed by atoms with Crippen LogP contribution in [0.4, 0.5) is 10.5 Å². The van der Waals surface area contributed by atoms with Gasteiger partial charge in [-0.05, 0) is 60.3 Å². The highest BCUT2D eigenvalue weighted by Crippen LogP contribution is 2.53. The number of nitrogens with zero attached hydrogens (tertiary/aromatic N) is 1. The summed E-state index contributed by atoms with van der Waals surface area (Å²) in [5.41, 5.74) is 4.31. The first-order valence-electron chi connectivity index (χ1n) is 14.0. The molecule has 1 saturated carbocycles. The van der Waals surface area contributed by atoms with E-state index in [-0.39, 0.29) is 24.8 Å². The summed E-state index contributed by atoms with van der Waals surface area (Å²) in [5, 5.41) is 15.2. The number of hydrogen-bond acceptors (Lipinski definition) is 5. The molecule has 38 heavy (non-hydrogen) atoms. The predicted octanol–water partition coefficient (Wildman–Crippen LogP) is 5.77. The molecule has 2 aromatic rings. The molecule has 2 bridgehead atoms. The lowest BCUT2D eigenvalue weighted by atomic mass is 9.65. The van der Waals surface area contributed by atoms with Gasteiger partial charge in [0.1, 0.15) is 0 Å². The van der Waals surface area contributed by atoms with Crippen LogP contribution >= 0.6 is 0 Å². The molecule has 2 aromatic carbocycles. The van der Waals surface area contributed by atoms with Crippen molar-refractivity contribution in [2.24, 2.45) is 10.8 Å². The van der Waals surface area contributed by atoms with E-state index in [9.17, 15) is 9.90 Å². The van der Waals surface area contributed by atoms with Crippen LogP contribution in [0.3, 0.4) is 0 Å². The van der Waals surface area contributed by atoms with Gasteiger partial charge in [-0.25, -0.2) is 4.79 Å². The van der Waals surface area contributed by atoms with E-state index in [4.69, 9.17) is 9.47 Å². The first-order chi connectivity index (χ1) is 18.1. The van der Waals surface area contributed by atoms with Crippen molar-refractivity contribution in [2.75, 3.05) is 25.0 Å². The Morgan fingerprint density at radius 1 is 1.08 bits per heavy atom. The second-order valence-electron chi connectivity index (χ2n) is 12.6. The molecule has 0 aromatic heterocycles. The van der Waals surface area contributed by atoms with Crippen molar-refractivity contribution in [3.8, 4) is 0 Å². The van der Waals surface area contributed by atoms with E-state index in [1.165, 1.54) is 19.3 Å². The number of aliphatic hydroxyl groups excluding tert-OH is 1. The van der Waals surface area contributed by atoms with Gasteiger partial charge in [0.2, 0.25) is 0 Å². The van der Waals surface area contributed by atoms with Crippen LogP contribution in [0.25, 0.3) is 0 Å². The van der Waals surface area contributed by atoms with E-state index in [0.29, 0.717) is 29.1 Å². The molecule has 206 valence electrons. The summed E-state index contributed by atoms with van der Waals surface area (Å²) in [6, 6.07) is 16.1. The second-order valence-corrected chi connectivity index (χ2v) is 12.6. The van der Waals surface area contributed by atoms with Gasteiger partial charge in [-0.3, -0.25) is 4.90 Å². The molecule has 0 radical (unpaired) electrons. The highest BCUT2D eigenvalue weighted by Gasteiger charge is 2.50. The molecule has 7 nitrogen and oxygen atoms in total. The minimum atomic E-state index is -0.540. The van der Waals surface area contributed by atoms with Gasteiger partial charge in [0.05, 0.1) is 18.8 Å². The molecule has 2 amide bonds. The quantitative estimate of drug-likeness (QED) is 0.431. The van der Waals surface area contributed by atoms with Crippen molar-refractivity contribution >= 4 is 11.7 Å². The first-order valence-corrected chi connectivity index (χ1v) is 14.0. The Bertz CT molecular complexity index is 1120. The zero-order valence-electron chi connectivity index (χ0n) is 23.2. The fourth-order valence-electron chi connectivity index (χ4n) is 7.18. The smallest absolute Gasteiger partial charge is 0.319 e. The minimum Gasteiger partial charge on any atom is -0.392 e. The average molecular weight is 522 g/mol. The molecule has 5 atom stereocenters. The van der Waals surface area contributed by atoms with Crippen LogP contribution in [0.1, 0.15) is 82.5 Å². The molecule has 3 fully saturated rings. The molecule has 0 spiro atoms. The Labute approximate surface area is 226 Å². The van der Waals surface area contributed by atoms with Crippen LogP contribution in [0.15, 0.2) is 48.5 Å². The molecule has 3 aliphatic rings. The largest absolute Gasteiger partial charge is 0.392 e. The topological polar surface area (TPSA) is 83.1 Å². The number of urea groups is 1. The van der Waals surface area contributed by atoms with Crippen LogP contribution in [-0.4, -0.2) is 47.8 Å². The number of hydrogen-bond donors (Lipinski definition) is 3. The Hall–Kier alpha value is -2.45. The van der Waals surface area contributed by atoms with Crippen molar-refractivity contribution in [1.82, 2.24) is 10.2 Å². The minimum absolute atomic E-state index is 0.0161. The van der Waals surface area contributed by atoms with Gasteiger partial charge in [-0.1, -0.05) is 57.2 Å². The summed E-state index contributed by atoms with van der Waals surface area (Å²) in [7, 11) is 0. The Balaban J connectivity index is 1.37. The number of likely N-dealkylation sites (tertiary alicyclic amines) is 1. The highest BCUT2D eigenvalue weighted by atomic mass is 16.7. The Kier molecular flexibility index (Phi) is 7.83. The van der Waals surface area contributed by atoms with Crippen LogP contribution < -0.4 is 10.6 Å². The Morgan fingerprint density at radius 3 is 2.61 bits per heavy atom. The van der Waals surface area contributed by atoms with Gasteiger partial charge in [-0.15, -0.1) is 0 Å². The molecule has 1 aliphatic carbocycles. The third-order valence-electron chi connectivity index (χ3n) is 8.33. The number of aliphatic hydroxyl groups is 1. The van der Waals surface area contributed by atoms with Gasteiger partial charge in [0.15, 0.2) is 6.29 Å². The average Bonchev–Trinajstić information content (AvgIpc) is 3.11. The van der Waals surface area contributed by atoms with Crippen molar-refractivity contribution in [3.05, 3.63) is 65.2 Å². The molecule has 3 N–H and O–H groups in total. The maximum absolute atomic E-state index is 12.1. The molecule has 2 aliphatic heterocycles. The lowest BCUT2D eigenvalue weighted by molar-refractivity contribution is -0.253. The number of anilines is 1. The molecule has 7 heteroatoms. The number of nitrogens with one attached hydrogen (secondary N) is 2. The fraction of sp³-hybridized carbons (Fsp3) is 0.581. The van der Waals surface area contributed by atoms with Crippen molar-refractivity contribution in [2.45, 2.75) is 84.5 Å². The van der Waals surface area contributed by atoms with Gasteiger partial charge >= 0.3 is 6.03 Å². The van der Waals surface area contributed by atoms with Crippen molar-refractivity contribution < 1.29 is 19.4 Å². The number of amides is 2. The Morgan fingerprint density at radius 2 is 1.87 bits per heavy atom. The van der Waals surface area contributed by atoms with Crippen LogP contribution in [0.5, 0.6) is 0 Å². The van der Waals surface area contributed by atoms with E-state index in [2.05, 4.69) is 48.4 Å². The predicted molar refractivity (Wildman–Crippen MR) is 149 cm³/mol. The zero-order valence-corrected chi connectivity index (χ0v) is 23.2. The lowest BCUT2D eigenvalue weighted by Gasteiger charge is -2.41. The van der Waals surface area contributed by atoms with E-state index < -0.39 is 6.29 Å². The number of carbonyl (C=O) groups excluding carboxylic acids is 1. The number of rotatable bonds is 7. The molecular weight excluding hydrogens is 478 g/mol. The summed E-state index contributed by atoms with van der Waals surface area (Å²) in [5.74, 6) is 0. The molecule has 5 rings (SSSR count). The number of benzene rings is 2. The second kappa shape index (κ2) is 11.0. The first kappa shape index (κ1) is 27.1. The summed E-state index contributed by atoms with van der Waals surface area (Å²) in [6.45, 7) is 11.8. The van der Waals surface area contributed by atoms with Crippen molar-refractivity contribution in [3.63, 3.8) is 0 Å². The number of carbonyl (C=O) groups is 1. The summed E-state index contributed by atoms with van der Waals surface area (Å²) < 4.78 is 13.2. The van der Waals surface area contributed by atoms with Gasteiger partial charge < -0.3 is 25.2 Å². The van der Waals surface area contributed by atoms with Gasteiger partial charge in [-0.2, -0.15) is 0 Å². The maximum Gasteiger partial charge on any atom is 0.319 e. The zero-order chi connectivity index (χ0) is 26.9. The maximum atomic E-state index is 12.1. The molecule has 2 unspecified atom stereocenters. The fourth-order valence-corrected chi connectivity index (χ4v) is 7.18. The third kappa shape index (κ3) is 6.23. The van der Waals surface area contributed by atoms with Gasteiger partial charge in [0, 0.05) is 43.3 Å². The van der Waals surface area contributed by atoms with E-state index >= 15 is 0 Å². The van der Waals surface area contributed by atoms with E-state index in [1.54, 1.807) is 0 Å². The van der Waals surface area contributed by atoms with E-state index in [0.717, 1.165) is 36.2 Å². The van der Waals surface area contributed by atoms with Crippen LogP contribution in [0, 0.1) is 10.8 Å². The van der Waals surface area contributed by atoms with E-state index in [1.807, 2.05) is 43.3 Å². The van der Waals surface area contributed by atoms with Gasteiger partial charge in [0.25, 0.3) is 0 Å². The monoisotopic (exact) mass is 521 g/mol. The van der Waals surface area contributed by atoms with Crippen molar-refractivity contribution in [1.29, 1.82) is 0 Å². The van der Waals surface area contributed by atoms with Crippen LogP contribution in [-0.2, 0) is 16.1 Å². The summed E-state index contributed by atoms with van der Waals surface area (Å²) >= 11 is 0. The summed E-state index contributed by atoms with van der Waals surface area (Å²) in [4.78, 5) is 14.8. The number of ether oxygens (including phenoxy) is 2. The SMILES string of the molecule is CCNC(=O)Nc1cccc([C@H]2O[C@@H](CN3CC4(C)CC3CC(C)(C)C4)C[C@@H](c3ccc(CO)cc3)O2)c1. The molecule has 2 heterocycles. The highest BCUT2D eigenvalue weighted by molar-refractivity contribution is 5.89. The standard InChI is InChI=1S/C31H43N3O4/c1-5-32-29(36)33-24-8-6-7-23(13-24)28-37-26(14-27(38-28)22-11-9-21(18-35)10-12-22)17-34-20-31(4)16-25(34)15-30(2,3)19-31/h6-13,25-28,35H,5,14-20H2,1-4H3,(H2,32,33,36)/t25?,26-,27+,28+,31?/m1/s1. The molecular formula is C31H43N3O4. The normalized spacial score (nSPS) is 30.7. The molecule has 2 saturated heterocycles. The van der Waals surface area contributed by atoms with Crippen LogP contribution in [0.2, 0.25) is 0 Å². The summed E-state index contributed by atoms with van der Waals surface area (Å²) in [6.07, 6.45) is 3.89. The number of fused-ring (bicyclic) bond motifs is 2. The lowest BCUT2D eigenvalue weighted by Crippen LogP contribution is -2.42.